The molecule has 4 aliphatic rings. The van der Waals surface area contributed by atoms with Gasteiger partial charge in [0.05, 0.1) is 31.7 Å². The number of amides is 1. The molecule has 0 spiro atoms. The highest BCUT2D eigenvalue weighted by atomic mass is 35.5. The number of fused-ring (bicyclic) bond motifs is 5. The van der Waals surface area contributed by atoms with Gasteiger partial charge in [0.25, 0.3) is 5.43 Å². The Hall–Kier alpha value is -4.35. The molecule has 0 saturated carbocycles. The van der Waals surface area contributed by atoms with Crippen molar-refractivity contribution < 1.29 is 47.8 Å². The minimum atomic E-state index is -4.90. The number of hydrogen-bond acceptors (Lipinski definition) is 13. The number of carbonyl (C=O) groups is 2. The molecule has 2 aromatic carbocycles. The van der Waals surface area contributed by atoms with Crippen LogP contribution in [0.25, 0.3) is 16.5 Å². The van der Waals surface area contributed by atoms with Crippen molar-refractivity contribution in [2.24, 2.45) is 0 Å². The van der Waals surface area contributed by atoms with Gasteiger partial charge < -0.3 is 28.7 Å². The zero-order chi connectivity index (χ0) is 42.6. The fraction of sp³-hybridized carbons (Fsp3) is 0.390. The molecule has 15 nitrogen and oxygen atoms in total. The molecule has 1 aliphatic carbocycles. The van der Waals surface area contributed by atoms with Crippen molar-refractivity contribution in [3.63, 3.8) is 0 Å². The molecule has 7 rings (SSSR count). The van der Waals surface area contributed by atoms with E-state index in [1.807, 2.05) is 31.2 Å². The molecular formula is C41H44ClN4O11PS2. The number of pyridine rings is 1. The lowest BCUT2D eigenvalue weighted by Gasteiger charge is -2.22. The summed E-state index contributed by atoms with van der Waals surface area (Å²) in [6.45, 7) is 2.35. The van der Waals surface area contributed by atoms with Crippen LogP contribution in [0.5, 0.6) is 17.4 Å². The summed E-state index contributed by atoms with van der Waals surface area (Å²) in [5.41, 5.74) is 1.51. The highest BCUT2D eigenvalue weighted by Crippen LogP contribution is 2.49. The zero-order valence-electron chi connectivity index (χ0n) is 32.8. The number of phosphoric acid groups is 1. The number of ether oxygens (including phenoxy) is 3. The number of carbonyl (C=O) groups excluding carboxylic acids is 2. The van der Waals surface area contributed by atoms with Gasteiger partial charge in [0.2, 0.25) is 17.5 Å². The highest BCUT2D eigenvalue weighted by molar-refractivity contribution is 8.76. The van der Waals surface area contributed by atoms with E-state index >= 15 is 0 Å². The van der Waals surface area contributed by atoms with Crippen LogP contribution in [0.1, 0.15) is 84.8 Å². The minimum absolute atomic E-state index is 0.0204. The number of halogens is 1. The Labute approximate surface area is 358 Å². The van der Waals surface area contributed by atoms with Gasteiger partial charge in [-0.05, 0) is 79.3 Å². The summed E-state index contributed by atoms with van der Waals surface area (Å²) in [6.07, 6.45) is 5.22. The van der Waals surface area contributed by atoms with Crippen LogP contribution in [0.3, 0.4) is 0 Å². The number of methoxy groups -OCH3 is 1. The first-order valence-electron chi connectivity index (χ1n) is 19.4. The fourth-order valence-corrected chi connectivity index (χ4v) is 10.2. The van der Waals surface area contributed by atoms with Gasteiger partial charge >= 0.3 is 13.8 Å². The van der Waals surface area contributed by atoms with Gasteiger partial charge in [-0.2, -0.15) is 0 Å². The molecule has 3 aliphatic heterocycles. The van der Waals surface area contributed by atoms with E-state index in [1.165, 1.54) is 45.5 Å². The maximum Gasteiger partial charge on any atom is 0.524 e. The molecule has 0 bridgehead atoms. The molecule has 3 N–H and O–H groups in total. The predicted molar refractivity (Wildman–Crippen MR) is 229 cm³/mol. The van der Waals surface area contributed by atoms with E-state index < -0.39 is 25.3 Å². The van der Waals surface area contributed by atoms with Gasteiger partial charge in [-0.1, -0.05) is 41.1 Å². The lowest BCUT2D eigenvalue weighted by molar-refractivity contribution is -0.118. The number of aliphatic hydroxyl groups excluding tert-OH is 1. The summed E-state index contributed by atoms with van der Waals surface area (Å²) in [5.74, 6) is -1.08. The van der Waals surface area contributed by atoms with Crippen molar-refractivity contribution in [1.29, 1.82) is 0 Å². The molecule has 3 unspecified atom stereocenters. The third kappa shape index (κ3) is 9.42. The number of esters is 1. The topological polar surface area (TPSA) is 200 Å². The fourth-order valence-electron chi connectivity index (χ4n) is 7.65. The van der Waals surface area contributed by atoms with Crippen molar-refractivity contribution in [2.45, 2.75) is 74.2 Å². The van der Waals surface area contributed by atoms with Gasteiger partial charge in [-0.25, -0.2) is 14.3 Å². The lowest BCUT2D eigenvalue weighted by Crippen LogP contribution is -2.29. The normalized spacial score (nSPS) is 16.7. The Kier molecular flexibility index (Phi) is 14.0. The molecule has 0 saturated heterocycles. The number of benzene rings is 2. The number of aromatic nitrogens is 3. The van der Waals surface area contributed by atoms with Crippen molar-refractivity contribution in [1.82, 2.24) is 14.5 Å². The van der Waals surface area contributed by atoms with Gasteiger partial charge in [0.1, 0.15) is 28.8 Å². The summed E-state index contributed by atoms with van der Waals surface area (Å²) < 4.78 is 35.8. The number of hydrogen-bond donors (Lipinski definition) is 3. The average molecular weight is 899 g/mol. The molecule has 19 heteroatoms. The second-order valence-electron chi connectivity index (χ2n) is 14.5. The summed E-state index contributed by atoms with van der Waals surface area (Å²) in [4.78, 5) is 71.2. The molecule has 318 valence electrons. The molecule has 3 atom stereocenters. The summed E-state index contributed by atoms with van der Waals surface area (Å²) >= 11 is 6.38. The van der Waals surface area contributed by atoms with Crippen molar-refractivity contribution in [3.8, 4) is 23.1 Å². The van der Waals surface area contributed by atoms with Gasteiger partial charge in [-0.15, -0.1) is 11.6 Å². The highest BCUT2D eigenvalue weighted by Gasteiger charge is 2.37. The van der Waals surface area contributed by atoms with E-state index in [1.54, 1.807) is 29.3 Å². The van der Waals surface area contributed by atoms with Crippen molar-refractivity contribution in [2.75, 3.05) is 37.6 Å². The molecule has 0 radical (unpaired) electrons. The van der Waals surface area contributed by atoms with Crippen LogP contribution < -0.4 is 24.3 Å². The second-order valence-corrected chi connectivity index (χ2v) is 18.6. The summed E-state index contributed by atoms with van der Waals surface area (Å²) in [5, 5.41) is 13.1. The van der Waals surface area contributed by atoms with Crippen LogP contribution in [-0.4, -0.2) is 79.3 Å². The summed E-state index contributed by atoms with van der Waals surface area (Å²) in [7, 11) is -0.615. The number of unbranched alkanes of at least 4 members (excludes halogenated alkanes) is 2. The first-order chi connectivity index (χ1) is 28.9. The van der Waals surface area contributed by atoms with E-state index in [9.17, 15) is 33.8 Å². The van der Waals surface area contributed by atoms with E-state index in [0.717, 1.165) is 10.6 Å². The standard InChI is InChI=1S/C41H44ClN4O11PS2/c1-24(59-60-33-15-7-8-17-43-33)23-56-41(50)37-36-28(13-10-14-31(36)47)44-21-30-38(49)39(54-2)40(46(30)37)55-18-9-3-4-16-34(48)45-22-25(20-42)35-27-12-6-5-11-26(27)32(19-29(35)45)57-58(51,52)53/h5-8,11-12,15,17,19,21,24-25,31,47H,3-4,9-10,13-14,16,18,20,22-23H2,1-2H3,(H2,51,52,53). The number of alkyl halides is 1. The van der Waals surface area contributed by atoms with Crippen LogP contribution in [0.4, 0.5) is 5.69 Å². The molecule has 1 aromatic heterocycles. The quantitative estimate of drug-likeness (QED) is 0.0275. The Morgan fingerprint density at radius 3 is 2.57 bits per heavy atom. The monoisotopic (exact) mass is 898 g/mol. The Balaban J connectivity index is 1.06. The molecule has 1 amide bonds. The van der Waals surface area contributed by atoms with E-state index in [4.69, 9.17) is 30.3 Å². The number of anilines is 1. The Morgan fingerprint density at radius 1 is 1.05 bits per heavy atom. The molecule has 0 fully saturated rings. The van der Waals surface area contributed by atoms with Crippen LogP contribution in [-0.2, 0) is 20.5 Å². The van der Waals surface area contributed by atoms with E-state index in [2.05, 4.69) is 9.97 Å². The molecule has 3 aromatic rings. The Bertz CT molecular complexity index is 2450. The van der Waals surface area contributed by atoms with Crippen molar-refractivity contribution >= 4 is 69.3 Å². The van der Waals surface area contributed by atoms with E-state index in [-0.39, 0.29) is 76.9 Å². The molecule has 4 heterocycles. The molecule has 60 heavy (non-hydrogen) atoms. The lowest BCUT2D eigenvalue weighted by atomic mass is 9.92. The summed E-state index contributed by atoms with van der Waals surface area (Å²) in [6, 6.07) is 14.2. The number of aliphatic hydroxyl groups is 1. The predicted octanol–water partition coefficient (Wildman–Crippen LogP) is 7.36. The van der Waals surface area contributed by atoms with Crippen molar-refractivity contribution in [3.05, 3.63) is 93.7 Å². The first kappa shape index (κ1) is 43.7. The maximum absolute atomic E-state index is 14.1. The van der Waals surface area contributed by atoms with Crippen LogP contribution >= 0.6 is 41.0 Å². The van der Waals surface area contributed by atoms with Crippen LogP contribution in [0.2, 0.25) is 0 Å². The second kappa shape index (κ2) is 19.1. The smallest absolute Gasteiger partial charge is 0.488 e. The van der Waals surface area contributed by atoms with Crippen LogP contribution in [0, 0.1) is 0 Å². The number of rotatable bonds is 17. The number of aryl methyl sites for hydroxylation is 1. The average Bonchev–Trinajstić information content (AvgIpc) is 3.66. The van der Waals surface area contributed by atoms with Crippen LogP contribution in [0.15, 0.2) is 70.7 Å². The number of phosphoric ester groups is 1. The third-order valence-electron chi connectivity index (χ3n) is 10.3. The maximum atomic E-state index is 14.1. The largest absolute Gasteiger partial charge is 0.524 e. The zero-order valence-corrected chi connectivity index (χ0v) is 36.1. The molecular weight excluding hydrogens is 855 g/mol. The van der Waals surface area contributed by atoms with Gasteiger partial charge in [0, 0.05) is 58.9 Å². The first-order valence-corrected chi connectivity index (χ1v) is 23.7. The third-order valence-corrected chi connectivity index (χ3v) is 13.9. The van der Waals surface area contributed by atoms with Gasteiger partial charge in [0.15, 0.2) is 0 Å². The van der Waals surface area contributed by atoms with E-state index in [0.29, 0.717) is 67.2 Å². The minimum Gasteiger partial charge on any atom is -0.488 e. The Morgan fingerprint density at radius 2 is 1.83 bits per heavy atom. The number of nitrogens with zero attached hydrogens (tertiary/aromatic N) is 4. The van der Waals surface area contributed by atoms with Gasteiger partial charge in [-0.3, -0.25) is 28.9 Å². The SMILES string of the molecule is COc1c(OCCCCCC(=O)N2CC(CCl)c3c2cc(OP(=O)(O)O)c2ccccc32)n2c(C(=O)OCC(C)SSc3ccccn3)c3c(ncc-2c1=O)CCCC3O.